The summed E-state index contributed by atoms with van der Waals surface area (Å²) in [5.41, 5.74) is 0.766. The number of rotatable bonds is 4. The second-order valence-corrected chi connectivity index (χ2v) is 5.79. The quantitative estimate of drug-likeness (QED) is 0.868. The summed E-state index contributed by atoms with van der Waals surface area (Å²) < 4.78 is 10.9. The van der Waals surface area contributed by atoms with Gasteiger partial charge in [-0.2, -0.15) is 0 Å². The highest BCUT2D eigenvalue weighted by Gasteiger charge is 2.21. The van der Waals surface area contributed by atoms with E-state index in [2.05, 4.69) is 10.6 Å². The molecule has 2 N–H and O–H groups in total. The van der Waals surface area contributed by atoms with Gasteiger partial charge in [0.2, 0.25) is 11.8 Å². The molecule has 2 amide bonds. The molecule has 7 heteroatoms. The van der Waals surface area contributed by atoms with Gasteiger partial charge in [0, 0.05) is 19.0 Å². The van der Waals surface area contributed by atoms with Crippen LogP contribution in [-0.2, 0) is 16.0 Å². The molecule has 22 heavy (non-hydrogen) atoms. The van der Waals surface area contributed by atoms with Crippen molar-refractivity contribution in [2.24, 2.45) is 0 Å². The van der Waals surface area contributed by atoms with E-state index < -0.39 is 0 Å². The number of hydrogen-bond acceptors (Lipinski definition) is 4. The van der Waals surface area contributed by atoms with E-state index >= 15 is 0 Å². The van der Waals surface area contributed by atoms with Crippen molar-refractivity contribution in [3.63, 3.8) is 0 Å². The minimum atomic E-state index is -0.117. The van der Waals surface area contributed by atoms with Gasteiger partial charge in [0.05, 0.1) is 11.4 Å². The lowest BCUT2D eigenvalue weighted by atomic mass is 10.1. The summed E-state index contributed by atoms with van der Waals surface area (Å²) in [5, 5.41) is 6.08. The Balaban J connectivity index is 1.57. The van der Waals surface area contributed by atoms with Gasteiger partial charge in [-0.05, 0) is 24.1 Å². The maximum Gasteiger partial charge on any atom is 0.224 e. The van der Waals surface area contributed by atoms with Crippen LogP contribution in [0, 0.1) is 0 Å². The van der Waals surface area contributed by atoms with Crippen LogP contribution in [0.4, 0.5) is 0 Å². The smallest absolute Gasteiger partial charge is 0.224 e. The highest BCUT2D eigenvalue weighted by atomic mass is 35.5. The minimum Gasteiger partial charge on any atom is -0.486 e. The second kappa shape index (κ2) is 6.44. The summed E-state index contributed by atoms with van der Waals surface area (Å²) >= 11 is 6.14. The molecule has 1 saturated heterocycles. The van der Waals surface area contributed by atoms with Gasteiger partial charge >= 0.3 is 0 Å². The number of carbonyl (C=O) groups excluding carboxylic acids is 2. The third-order valence-electron chi connectivity index (χ3n) is 3.65. The molecule has 3 rings (SSSR count). The minimum absolute atomic E-state index is 0.0281. The van der Waals surface area contributed by atoms with E-state index in [9.17, 15) is 9.59 Å². The Morgan fingerprint density at radius 2 is 2.18 bits per heavy atom. The zero-order valence-electron chi connectivity index (χ0n) is 12.0. The zero-order valence-corrected chi connectivity index (χ0v) is 12.7. The molecule has 0 radical (unpaired) electrons. The molecule has 0 bridgehead atoms. The zero-order chi connectivity index (χ0) is 15.5. The van der Waals surface area contributed by atoms with Gasteiger partial charge in [-0.15, -0.1) is 0 Å². The summed E-state index contributed by atoms with van der Waals surface area (Å²) in [6.07, 6.45) is 1.49. The number of benzene rings is 1. The Morgan fingerprint density at radius 1 is 1.36 bits per heavy atom. The van der Waals surface area contributed by atoms with Crippen LogP contribution in [0.25, 0.3) is 0 Å². The summed E-state index contributed by atoms with van der Waals surface area (Å²) in [4.78, 5) is 23.1. The van der Waals surface area contributed by atoms with Crippen LogP contribution in [0.5, 0.6) is 11.5 Å². The van der Waals surface area contributed by atoms with Gasteiger partial charge in [0.15, 0.2) is 11.5 Å². The summed E-state index contributed by atoms with van der Waals surface area (Å²) in [5.74, 6) is 1.03. The van der Waals surface area contributed by atoms with Crippen molar-refractivity contribution in [3.05, 3.63) is 22.7 Å². The maximum atomic E-state index is 12.0. The normalized spacial score (nSPS) is 19.7. The summed E-state index contributed by atoms with van der Waals surface area (Å²) in [7, 11) is 0. The fraction of sp³-hybridized carbons (Fsp3) is 0.467. The molecule has 0 aromatic heterocycles. The molecule has 0 aliphatic carbocycles. The highest BCUT2D eigenvalue weighted by Crippen LogP contribution is 2.38. The lowest BCUT2D eigenvalue weighted by molar-refractivity contribution is -0.121. The van der Waals surface area contributed by atoms with E-state index in [0.717, 1.165) is 12.0 Å². The Kier molecular flexibility index (Phi) is 4.38. The average Bonchev–Trinajstić information content (AvgIpc) is 2.91. The Morgan fingerprint density at radius 3 is 2.95 bits per heavy atom. The van der Waals surface area contributed by atoms with Crippen LogP contribution in [-0.4, -0.2) is 37.6 Å². The van der Waals surface area contributed by atoms with Crippen LogP contribution in [0.3, 0.4) is 0 Å². The number of fused-ring (bicyclic) bond motifs is 1. The number of carbonyl (C=O) groups is 2. The van der Waals surface area contributed by atoms with E-state index in [-0.39, 0.29) is 24.3 Å². The van der Waals surface area contributed by atoms with Gasteiger partial charge < -0.3 is 20.1 Å². The summed E-state index contributed by atoms with van der Waals surface area (Å²) in [6, 6.07) is 3.52. The Bertz CT molecular complexity index is 605. The molecule has 0 unspecified atom stereocenters. The Hall–Kier alpha value is -1.95. The SMILES string of the molecule is O=C(Cc1cc(Cl)c2c(c1)OCCO2)NC[C@@H]1CCC(=O)N1. The first-order valence-corrected chi connectivity index (χ1v) is 7.63. The van der Waals surface area contributed by atoms with Crippen molar-refractivity contribution < 1.29 is 19.1 Å². The highest BCUT2D eigenvalue weighted by molar-refractivity contribution is 6.32. The molecule has 1 aromatic carbocycles. The van der Waals surface area contributed by atoms with Crippen LogP contribution in [0.15, 0.2) is 12.1 Å². The summed E-state index contributed by atoms with van der Waals surface area (Å²) in [6.45, 7) is 1.39. The van der Waals surface area contributed by atoms with Gasteiger partial charge in [-0.1, -0.05) is 11.6 Å². The largest absolute Gasteiger partial charge is 0.486 e. The van der Waals surface area contributed by atoms with E-state index in [4.69, 9.17) is 21.1 Å². The van der Waals surface area contributed by atoms with E-state index in [0.29, 0.717) is 42.7 Å². The monoisotopic (exact) mass is 324 g/mol. The molecule has 1 atom stereocenters. The Labute approximate surface area is 133 Å². The molecule has 2 aliphatic rings. The van der Waals surface area contributed by atoms with Crippen molar-refractivity contribution in [2.45, 2.75) is 25.3 Å². The maximum absolute atomic E-state index is 12.0. The van der Waals surface area contributed by atoms with Crippen molar-refractivity contribution in [1.29, 1.82) is 0 Å². The number of ether oxygens (including phenoxy) is 2. The molecular formula is C15H17ClN2O4. The van der Waals surface area contributed by atoms with Crippen molar-refractivity contribution in [1.82, 2.24) is 10.6 Å². The fourth-order valence-electron chi connectivity index (χ4n) is 2.58. The van der Waals surface area contributed by atoms with E-state index in [1.807, 2.05) is 0 Å². The molecule has 1 fully saturated rings. The van der Waals surface area contributed by atoms with Gasteiger partial charge in [-0.25, -0.2) is 0 Å². The number of halogens is 1. The first kappa shape index (κ1) is 15.0. The molecular weight excluding hydrogens is 308 g/mol. The molecule has 1 aromatic rings. The number of amides is 2. The molecule has 0 spiro atoms. The predicted octanol–water partition coefficient (Wildman–Crippen LogP) is 1.05. The van der Waals surface area contributed by atoms with E-state index in [1.54, 1.807) is 12.1 Å². The first-order valence-electron chi connectivity index (χ1n) is 7.26. The van der Waals surface area contributed by atoms with E-state index in [1.165, 1.54) is 0 Å². The van der Waals surface area contributed by atoms with Gasteiger partial charge in [0.25, 0.3) is 0 Å². The van der Waals surface area contributed by atoms with Crippen LogP contribution in [0.2, 0.25) is 5.02 Å². The standard InChI is InChI=1S/C15H17ClN2O4/c16-11-5-9(6-12-15(11)22-4-3-21-12)7-14(20)17-8-10-1-2-13(19)18-10/h5-6,10H,1-4,7-8H2,(H,17,20)(H,18,19)/t10-/m0/s1. The van der Waals surface area contributed by atoms with Gasteiger partial charge in [-0.3, -0.25) is 9.59 Å². The fourth-order valence-corrected chi connectivity index (χ4v) is 2.87. The van der Waals surface area contributed by atoms with Crippen LogP contribution in [0.1, 0.15) is 18.4 Å². The molecule has 2 heterocycles. The van der Waals surface area contributed by atoms with Crippen LogP contribution >= 0.6 is 11.6 Å². The lowest BCUT2D eigenvalue weighted by Gasteiger charge is -2.20. The lowest BCUT2D eigenvalue weighted by Crippen LogP contribution is -2.38. The first-order chi connectivity index (χ1) is 10.6. The van der Waals surface area contributed by atoms with Crippen LogP contribution < -0.4 is 20.1 Å². The second-order valence-electron chi connectivity index (χ2n) is 5.39. The third kappa shape index (κ3) is 3.44. The number of nitrogens with one attached hydrogen (secondary N) is 2. The van der Waals surface area contributed by atoms with Crippen molar-refractivity contribution >= 4 is 23.4 Å². The van der Waals surface area contributed by atoms with Gasteiger partial charge in [0.1, 0.15) is 13.2 Å². The van der Waals surface area contributed by atoms with Crippen molar-refractivity contribution in [3.8, 4) is 11.5 Å². The molecule has 6 nitrogen and oxygen atoms in total. The average molecular weight is 325 g/mol. The molecule has 0 saturated carbocycles. The third-order valence-corrected chi connectivity index (χ3v) is 3.93. The topological polar surface area (TPSA) is 76.7 Å². The molecule has 118 valence electrons. The number of hydrogen-bond donors (Lipinski definition) is 2. The predicted molar refractivity (Wildman–Crippen MR) is 80.3 cm³/mol. The molecule has 2 aliphatic heterocycles. The van der Waals surface area contributed by atoms with Crippen molar-refractivity contribution in [2.75, 3.05) is 19.8 Å².